The molecule has 0 saturated carbocycles. The molecule has 2 amide bonds. The van der Waals surface area contributed by atoms with Gasteiger partial charge in [0.25, 0.3) is 0 Å². The highest BCUT2D eigenvalue weighted by molar-refractivity contribution is 5.90. The standard InChI is InChI=1S/C27H50N2O6/c1-11-13-14-15-20(19(12-2)17-30)22(29-25(33)35-27(8,9)10)23(31)28-21(16-18(3)4)24(32)34-26(5,6)7/h12,18,20-22,30H,11,13-17H2,1-10H3,(H,28,31)(H,29,33)/b19-12+/t20-,21+,22+/m1/s1. The monoisotopic (exact) mass is 498 g/mol. The Hall–Kier alpha value is -2.09. The zero-order valence-electron chi connectivity index (χ0n) is 23.6. The largest absolute Gasteiger partial charge is 0.458 e. The van der Waals surface area contributed by atoms with Gasteiger partial charge < -0.3 is 25.2 Å². The van der Waals surface area contributed by atoms with Gasteiger partial charge in [0.1, 0.15) is 23.3 Å². The van der Waals surface area contributed by atoms with Gasteiger partial charge in [-0.15, -0.1) is 0 Å². The topological polar surface area (TPSA) is 114 Å². The van der Waals surface area contributed by atoms with E-state index in [-0.39, 0.29) is 12.5 Å². The van der Waals surface area contributed by atoms with E-state index in [1.807, 2.05) is 13.8 Å². The van der Waals surface area contributed by atoms with Gasteiger partial charge in [0.2, 0.25) is 5.91 Å². The maximum Gasteiger partial charge on any atom is 0.408 e. The van der Waals surface area contributed by atoms with E-state index in [1.165, 1.54) is 0 Å². The second-order valence-corrected chi connectivity index (χ2v) is 11.5. The van der Waals surface area contributed by atoms with Crippen molar-refractivity contribution in [2.75, 3.05) is 6.61 Å². The van der Waals surface area contributed by atoms with Crippen LogP contribution in [0.4, 0.5) is 4.79 Å². The summed E-state index contributed by atoms with van der Waals surface area (Å²) in [6, 6.07) is -1.90. The van der Waals surface area contributed by atoms with E-state index in [0.29, 0.717) is 18.4 Å². The Labute approximate surface area is 212 Å². The normalized spacial score (nSPS) is 15.3. The molecule has 0 heterocycles. The van der Waals surface area contributed by atoms with Crippen LogP contribution in [0.3, 0.4) is 0 Å². The molecule has 35 heavy (non-hydrogen) atoms. The highest BCUT2D eigenvalue weighted by atomic mass is 16.6. The van der Waals surface area contributed by atoms with Crippen LogP contribution in [-0.2, 0) is 19.1 Å². The van der Waals surface area contributed by atoms with Crippen molar-refractivity contribution >= 4 is 18.0 Å². The van der Waals surface area contributed by atoms with Crippen LogP contribution in [-0.4, -0.2) is 53.0 Å². The van der Waals surface area contributed by atoms with Crippen molar-refractivity contribution in [3.63, 3.8) is 0 Å². The van der Waals surface area contributed by atoms with Gasteiger partial charge in [0.15, 0.2) is 0 Å². The van der Waals surface area contributed by atoms with Crippen LogP contribution < -0.4 is 10.6 Å². The lowest BCUT2D eigenvalue weighted by molar-refractivity contribution is -0.159. The predicted octanol–water partition coefficient (Wildman–Crippen LogP) is 4.89. The van der Waals surface area contributed by atoms with E-state index >= 15 is 0 Å². The fourth-order valence-corrected chi connectivity index (χ4v) is 3.71. The molecule has 0 spiro atoms. The molecule has 0 aliphatic rings. The molecule has 0 fully saturated rings. The number of carbonyl (C=O) groups excluding carboxylic acids is 3. The minimum atomic E-state index is -1.03. The number of carbonyl (C=O) groups is 3. The number of ether oxygens (including phenoxy) is 2. The van der Waals surface area contributed by atoms with Gasteiger partial charge in [-0.05, 0) is 72.8 Å². The Kier molecular flexibility index (Phi) is 14.2. The maximum atomic E-state index is 13.6. The molecule has 204 valence electrons. The lowest BCUT2D eigenvalue weighted by atomic mass is 9.85. The zero-order valence-corrected chi connectivity index (χ0v) is 23.6. The van der Waals surface area contributed by atoms with Gasteiger partial charge in [0.05, 0.1) is 6.61 Å². The second-order valence-electron chi connectivity index (χ2n) is 11.5. The van der Waals surface area contributed by atoms with E-state index in [0.717, 1.165) is 19.3 Å². The Bertz CT molecular complexity index is 703. The SMILES string of the molecule is C/C=C(\CO)[C@@H](CCCCC)[C@H](NC(=O)OC(C)(C)C)C(=O)N[C@@H](CC(C)C)C(=O)OC(C)(C)C. The summed E-state index contributed by atoms with van der Waals surface area (Å²) in [5, 5.41) is 15.5. The van der Waals surface area contributed by atoms with Crippen LogP contribution >= 0.6 is 0 Å². The number of unbranched alkanes of at least 4 members (excludes halogenated alkanes) is 2. The molecule has 0 rings (SSSR count). The highest BCUT2D eigenvalue weighted by Gasteiger charge is 2.36. The molecule has 8 heteroatoms. The molecule has 0 aromatic carbocycles. The molecule has 0 aliphatic heterocycles. The minimum absolute atomic E-state index is 0.119. The number of esters is 1. The first kappa shape index (κ1) is 32.9. The summed E-state index contributed by atoms with van der Waals surface area (Å²) in [7, 11) is 0. The molecule has 0 aliphatic carbocycles. The molecular formula is C27H50N2O6. The Balaban J connectivity index is 6.15. The summed E-state index contributed by atoms with van der Waals surface area (Å²) in [6.45, 7) is 18.1. The van der Waals surface area contributed by atoms with Crippen LogP contribution in [0, 0.1) is 11.8 Å². The average Bonchev–Trinajstić information content (AvgIpc) is 2.68. The van der Waals surface area contributed by atoms with Crippen molar-refractivity contribution in [1.82, 2.24) is 10.6 Å². The molecular weight excluding hydrogens is 448 g/mol. The number of alkyl carbamates (subject to hydrolysis) is 1. The van der Waals surface area contributed by atoms with Crippen molar-refractivity contribution in [3.8, 4) is 0 Å². The highest BCUT2D eigenvalue weighted by Crippen LogP contribution is 2.24. The fourth-order valence-electron chi connectivity index (χ4n) is 3.71. The predicted molar refractivity (Wildman–Crippen MR) is 139 cm³/mol. The third-order valence-electron chi connectivity index (χ3n) is 5.22. The van der Waals surface area contributed by atoms with Gasteiger partial charge in [-0.3, -0.25) is 4.79 Å². The molecule has 0 bridgehead atoms. The third-order valence-corrected chi connectivity index (χ3v) is 5.22. The summed E-state index contributed by atoms with van der Waals surface area (Å²) in [5.41, 5.74) is -0.807. The molecule has 3 N–H and O–H groups in total. The minimum Gasteiger partial charge on any atom is -0.458 e. The summed E-state index contributed by atoms with van der Waals surface area (Å²) >= 11 is 0. The van der Waals surface area contributed by atoms with Crippen molar-refractivity contribution in [3.05, 3.63) is 11.6 Å². The lowest BCUT2D eigenvalue weighted by Gasteiger charge is -2.32. The van der Waals surface area contributed by atoms with Crippen LogP contribution in [0.5, 0.6) is 0 Å². The number of aliphatic hydroxyl groups is 1. The summed E-state index contributed by atoms with van der Waals surface area (Å²) in [5.74, 6) is -1.37. The second kappa shape index (κ2) is 15.1. The van der Waals surface area contributed by atoms with Crippen LogP contribution in [0.1, 0.15) is 101 Å². The van der Waals surface area contributed by atoms with Crippen molar-refractivity contribution in [2.24, 2.45) is 11.8 Å². The summed E-state index contributed by atoms with van der Waals surface area (Å²) in [4.78, 5) is 39.2. The van der Waals surface area contributed by atoms with Crippen LogP contribution in [0.15, 0.2) is 11.6 Å². The van der Waals surface area contributed by atoms with Gasteiger partial charge in [-0.25, -0.2) is 9.59 Å². The quantitative estimate of drug-likeness (QED) is 0.189. The van der Waals surface area contributed by atoms with E-state index < -0.39 is 47.2 Å². The molecule has 0 unspecified atom stereocenters. The molecule has 0 saturated heterocycles. The van der Waals surface area contributed by atoms with Gasteiger partial charge in [0, 0.05) is 5.92 Å². The maximum absolute atomic E-state index is 13.6. The van der Waals surface area contributed by atoms with Gasteiger partial charge >= 0.3 is 12.1 Å². The summed E-state index contributed by atoms with van der Waals surface area (Å²) in [6.07, 6.45) is 4.77. The van der Waals surface area contributed by atoms with Gasteiger partial charge in [-0.1, -0.05) is 46.1 Å². The van der Waals surface area contributed by atoms with Crippen LogP contribution in [0.2, 0.25) is 0 Å². The van der Waals surface area contributed by atoms with Crippen molar-refractivity contribution < 1.29 is 29.0 Å². The van der Waals surface area contributed by atoms with Gasteiger partial charge in [-0.2, -0.15) is 0 Å². The Morgan fingerprint density at radius 2 is 1.51 bits per heavy atom. The first-order valence-corrected chi connectivity index (χ1v) is 12.8. The number of hydrogen-bond donors (Lipinski definition) is 3. The van der Waals surface area contributed by atoms with Crippen LogP contribution in [0.25, 0.3) is 0 Å². The first-order valence-electron chi connectivity index (χ1n) is 12.8. The van der Waals surface area contributed by atoms with E-state index in [2.05, 4.69) is 17.6 Å². The first-order chi connectivity index (χ1) is 16.0. The number of allylic oxidation sites excluding steroid dienone is 1. The fraction of sp³-hybridized carbons (Fsp3) is 0.815. The van der Waals surface area contributed by atoms with Crippen molar-refractivity contribution in [1.29, 1.82) is 0 Å². The molecule has 0 radical (unpaired) electrons. The number of aliphatic hydroxyl groups excluding tert-OH is 1. The zero-order chi connectivity index (χ0) is 27.4. The smallest absolute Gasteiger partial charge is 0.408 e. The van der Waals surface area contributed by atoms with E-state index in [1.54, 1.807) is 54.5 Å². The number of nitrogens with one attached hydrogen (secondary N) is 2. The van der Waals surface area contributed by atoms with E-state index in [4.69, 9.17) is 9.47 Å². The lowest BCUT2D eigenvalue weighted by Crippen LogP contribution is -2.56. The molecule has 0 aromatic heterocycles. The number of hydrogen-bond acceptors (Lipinski definition) is 6. The average molecular weight is 499 g/mol. The van der Waals surface area contributed by atoms with Crippen molar-refractivity contribution in [2.45, 2.75) is 125 Å². The Morgan fingerprint density at radius 1 is 0.943 bits per heavy atom. The van der Waals surface area contributed by atoms with E-state index in [9.17, 15) is 19.5 Å². The number of rotatable bonds is 13. The Morgan fingerprint density at radius 3 is 1.94 bits per heavy atom. The third kappa shape index (κ3) is 14.2. The number of amides is 2. The molecule has 8 nitrogen and oxygen atoms in total. The summed E-state index contributed by atoms with van der Waals surface area (Å²) < 4.78 is 11.0. The molecule has 0 aromatic rings. The molecule has 3 atom stereocenters.